The Morgan fingerprint density at radius 1 is 0.804 bits per heavy atom. The van der Waals surface area contributed by atoms with Gasteiger partial charge in [0, 0.05) is 39.3 Å². The number of imide groups is 1. The first-order valence-electron chi connectivity index (χ1n) is 18.2. The van der Waals surface area contributed by atoms with Gasteiger partial charge in [-0.1, -0.05) is 18.2 Å². The van der Waals surface area contributed by atoms with Crippen molar-refractivity contribution >= 4 is 35.9 Å². The van der Waals surface area contributed by atoms with Gasteiger partial charge in [-0.25, -0.2) is 9.59 Å². The molecule has 0 radical (unpaired) electrons. The number of hydrogen-bond acceptors (Lipinski definition) is 9. The Morgan fingerprint density at radius 3 is 1.88 bits per heavy atom. The fourth-order valence-corrected chi connectivity index (χ4v) is 5.72. The Balaban J connectivity index is 1.43. The molecule has 2 aromatic rings. The van der Waals surface area contributed by atoms with Crippen LogP contribution in [0, 0.1) is 0 Å². The van der Waals surface area contributed by atoms with Gasteiger partial charge in [-0.15, -0.1) is 5.06 Å². The number of hydrogen-bond donors (Lipinski definition) is 2. The van der Waals surface area contributed by atoms with Gasteiger partial charge in [0.2, 0.25) is 5.96 Å². The smallest absolute Gasteiger partial charge is 0.473 e. The highest BCUT2D eigenvalue weighted by Crippen LogP contribution is 2.27. The number of hydroxylamine groups is 2. The molecule has 2 aliphatic rings. The average molecular weight is 791 g/mol. The number of carbonyl (C=O) groups is 5. The Morgan fingerprint density at radius 2 is 1.36 bits per heavy atom. The average Bonchev–Trinajstić information content (AvgIpc) is 3.34. The fourth-order valence-electron chi connectivity index (χ4n) is 5.72. The van der Waals surface area contributed by atoms with Gasteiger partial charge < -0.3 is 34.6 Å². The van der Waals surface area contributed by atoms with Crippen molar-refractivity contribution in [1.29, 1.82) is 0 Å². The zero-order valence-electron chi connectivity index (χ0n) is 32.4. The maximum Gasteiger partial charge on any atom is 0.473 e. The van der Waals surface area contributed by atoms with Crippen LogP contribution in [-0.2, 0) is 32.1 Å². The van der Waals surface area contributed by atoms with Crippen LogP contribution in [0.4, 0.5) is 22.8 Å². The number of rotatable bonds is 13. The molecule has 0 bridgehead atoms. The minimum absolute atomic E-state index is 0.00913. The lowest BCUT2D eigenvalue weighted by molar-refractivity contribution is -0.169. The molecule has 18 heteroatoms. The minimum Gasteiger partial charge on any atom is -0.491 e. The number of carbonyl (C=O) groups excluding carboxylic acids is 5. The predicted molar refractivity (Wildman–Crippen MR) is 197 cm³/mol. The Kier molecular flexibility index (Phi) is 14.3. The summed E-state index contributed by atoms with van der Waals surface area (Å²) in [7, 11) is 0. The standard InChI is InChI=1S/C38H49F3N6O9/c1-36(2,3)55-34(51)42-16-9-18-45(19-10-17-43-35(52)56-37(4,5)6)33(44-32(50)38(39,40)41)46-20-15-25-23-27(14-13-26(25)24-46)53-21-22-54-47-30(48)28-11-7-8-12-29(28)31(47)49/h7-8,11-14,23H,9-10,15-22,24H2,1-6H3,(H,42,51)(H,43,52). The van der Waals surface area contributed by atoms with Gasteiger partial charge in [0.15, 0.2) is 0 Å². The van der Waals surface area contributed by atoms with Crippen molar-refractivity contribution in [2.45, 2.75) is 84.7 Å². The SMILES string of the molecule is CC(C)(C)OC(=O)NCCCN(CCCNC(=O)OC(C)(C)C)C(=NC(=O)C(F)(F)F)N1CCc2cc(OCCON3C(=O)c4ccccc4C3=O)ccc2C1. The Bertz CT molecular complexity index is 1720. The van der Waals surface area contributed by atoms with Gasteiger partial charge in [0.1, 0.15) is 30.2 Å². The van der Waals surface area contributed by atoms with E-state index in [1.54, 1.807) is 88.9 Å². The highest BCUT2D eigenvalue weighted by atomic mass is 19.4. The Hall–Kier alpha value is -5.39. The van der Waals surface area contributed by atoms with Gasteiger partial charge in [-0.05, 0) is 96.2 Å². The van der Waals surface area contributed by atoms with E-state index in [-0.39, 0.29) is 82.4 Å². The van der Waals surface area contributed by atoms with Gasteiger partial charge in [-0.3, -0.25) is 19.2 Å². The van der Waals surface area contributed by atoms with Crippen LogP contribution in [-0.4, -0.2) is 114 Å². The second-order valence-corrected chi connectivity index (χ2v) is 15.0. The van der Waals surface area contributed by atoms with Gasteiger partial charge in [0.25, 0.3) is 11.8 Å². The summed E-state index contributed by atoms with van der Waals surface area (Å²) < 4.78 is 57.2. The lowest BCUT2D eigenvalue weighted by atomic mass is 9.99. The minimum atomic E-state index is -5.23. The van der Waals surface area contributed by atoms with Crippen LogP contribution in [0.25, 0.3) is 0 Å². The largest absolute Gasteiger partial charge is 0.491 e. The van der Waals surface area contributed by atoms with E-state index in [0.717, 1.165) is 11.1 Å². The number of benzene rings is 2. The topological polar surface area (TPSA) is 168 Å². The maximum atomic E-state index is 13.6. The molecule has 0 spiro atoms. The quantitative estimate of drug-likeness (QED) is 0.118. The van der Waals surface area contributed by atoms with Crippen molar-refractivity contribution in [1.82, 2.24) is 25.5 Å². The van der Waals surface area contributed by atoms with Crippen molar-refractivity contribution in [2.75, 3.05) is 45.9 Å². The molecule has 5 amide bonds. The lowest BCUT2D eigenvalue weighted by Crippen LogP contribution is -2.49. The molecule has 0 saturated heterocycles. The van der Waals surface area contributed by atoms with Crippen LogP contribution >= 0.6 is 0 Å². The predicted octanol–water partition coefficient (Wildman–Crippen LogP) is 5.23. The number of amides is 5. The molecular weight excluding hydrogens is 741 g/mol. The van der Waals surface area contributed by atoms with Crippen molar-refractivity contribution in [3.8, 4) is 5.75 Å². The number of fused-ring (bicyclic) bond motifs is 2. The monoisotopic (exact) mass is 790 g/mol. The third kappa shape index (κ3) is 12.8. The molecule has 0 aromatic heterocycles. The molecule has 0 fully saturated rings. The highest BCUT2D eigenvalue weighted by molar-refractivity contribution is 6.20. The molecular formula is C38H49F3N6O9. The summed E-state index contributed by atoms with van der Waals surface area (Å²) in [5, 5.41) is 5.96. The number of guanidine groups is 1. The van der Waals surface area contributed by atoms with Crippen molar-refractivity contribution < 1.29 is 56.2 Å². The van der Waals surface area contributed by atoms with Crippen LogP contribution in [0.15, 0.2) is 47.5 Å². The van der Waals surface area contributed by atoms with E-state index in [1.807, 2.05) is 0 Å². The van der Waals surface area contributed by atoms with E-state index in [2.05, 4.69) is 15.6 Å². The third-order valence-electron chi connectivity index (χ3n) is 8.08. The number of halogens is 3. The van der Waals surface area contributed by atoms with E-state index < -0.39 is 47.3 Å². The molecule has 4 rings (SSSR count). The summed E-state index contributed by atoms with van der Waals surface area (Å²) in [5.41, 5.74) is 0.669. The van der Waals surface area contributed by atoms with E-state index >= 15 is 0 Å². The van der Waals surface area contributed by atoms with E-state index in [4.69, 9.17) is 19.0 Å². The molecule has 2 heterocycles. The van der Waals surface area contributed by atoms with E-state index in [0.29, 0.717) is 17.2 Å². The van der Waals surface area contributed by atoms with Crippen LogP contribution in [0.2, 0.25) is 0 Å². The van der Waals surface area contributed by atoms with E-state index in [1.165, 1.54) is 4.90 Å². The van der Waals surface area contributed by atoms with Crippen molar-refractivity contribution in [3.05, 3.63) is 64.7 Å². The van der Waals surface area contributed by atoms with Crippen molar-refractivity contribution in [3.63, 3.8) is 0 Å². The molecule has 0 unspecified atom stereocenters. The summed E-state index contributed by atoms with van der Waals surface area (Å²) in [6.45, 7) is 10.9. The summed E-state index contributed by atoms with van der Waals surface area (Å²) in [6.07, 6.45) is -5.64. The van der Waals surface area contributed by atoms with Crippen molar-refractivity contribution in [2.24, 2.45) is 4.99 Å². The molecule has 2 N–H and O–H groups in total. The maximum absolute atomic E-state index is 13.6. The van der Waals surface area contributed by atoms with Crippen LogP contribution in [0.3, 0.4) is 0 Å². The summed E-state index contributed by atoms with van der Waals surface area (Å²) in [4.78, 5) is 73.9. The molecule has 0 aliphatic carbocycles. The van der Waals surface area contributed by atoms with Crippen LogP contribution < -0.4 is 15.4 Å². The molecule has 56 heavy (non-hydrogen) atoms. The fraction of sp³-hybridized carbons (Fsp3) is 0.526. The number of alkyl carbamates (subject to hydrolysis) is 2. The third-order valence-corrected chi connectivity index (χ3v) is 8.08. The van der Waals surface area contributed by atoms with Gasteiger partial charge >= 0.3 is 24.3 Å². The number of alkyl halides is 3. The first-order valence-corrected chi connectivity index (χ1v) is 18.2. The molecule has 15 nitrogen and oxygen atoms in total. The highest BCUT2D eigenvalue weighted by Gasteiger charge is 2.40. The molecule has 2 aromatic carbocycles. The first kappa shape index (κ1) is 43.3. The molecule has 2 aliphatic heterocycles. The first-order chi connectivity index (χ1) is 26.2. The molecule has 0 atom stereocenters. The summed E-state index contributed by atoms with van der Waals surface area (Å²) in [5.74, 6) is -3.11. The van der Waals surface area contributed by atoms with E-state index in [9.17, 15) is 37.1 Å². The van der Waals surface area contributed by atoms with Crippen LogP contribution in [0.5, 0.6) is 5.75 Å². The second-order valence-electron chi connectivity index (χ2n) is 15.0. The molecule has 306 valence electrons. The lowest BCUT2D eigenvalue weighted by Gasteiger charge is -2.37. The van der Waals surface area contributed by atoms with Gasteiger partial charge in [0.05, 0.1) is 11.1 Å². The number of nitrogens with zero attached hydrogens (tertiary/aromatic N) is 4. The summed E-state index contributed by atoms with van der Waals surface area (Å²) in [6, 6.07) is 11.6. The molecule has 0 saturated carbocycles. The summed E-state index contributed by atoms with van der Waals surface area (Å²) >= 11 is 0. The normalized spacial score (nSPS) is 14.6. The zero-order chi connectivity index (χ0) is 41.3. The number of ether oxygens (including phenoxy) is 3. The second kappa shape index (κ2) is 18.5. The van der Waals surface area contributed by atoms with Gasteiger partial charge in [-0.2, -0.15) is 18.2 Å². The zero-order valence-corrected chi connectivity index (χ0v) is 32.4. The number of aliphatic imine (C=N–C) groups is 1. The number of nitrogens with one attached hydrogen (secondary N) is 2. The Labute approximate surface area is 323 Å². The van der Waals surface area contributed by atoms with Crippen LogP contribution in [0.1, 0.15) is 86.2 Å².